The molecule has 2 aromatic rings. The molecule has 0 aromatic heterocycles. The van der Waals surface area contributed by atoms with Crippen molar-refractivity contribution in [1.82, 2.24) is 10.6 Å². The van der Waals surface area contributed by atoms with Gasteiger partial charge in [-0.05, 0) is 29.3 Å². The molecule has 3 aliphatic rings. The van der Waals surface area contributed by atoms with Crippen LogP contribution in [-0.4, -0.2) is 58.2 Å². The van der Waals surface area contributed by atoms with Crippen LogP contribution in [0.1, 0.15) is 44.7 Å². The number of aromatic hydroxyl groups is 1. The van der Waals surface area contributed by atoms with Crippen LogP contribution in [0.25, 0.3) is 0 Å². The molecule has 33 heavy (non-hydrogen) atoms. The molecule has 1 saturated carbocycles. The maximum atomic E-state index is 13.0. The number of hydrogen-bond acceptors (Lipinski definition) is 7. The summed E-state index contributed by atoms with van der Waals surface area (Å²) in [6.45, 7) is 1.62. The monoisotopic (exact) mass is 474 g/mol. The number of rotatable bonds is 3. The minimum absolute atomic E-state index is 0.00186. The first-order valence-corrected chi connectivity index (χ1v) is 11.1. The molecule has 0 unspecified atom stereocenters. The lowest BCUT2D eigenvalue weighted by atomic mass is 9.66. The van der Waals surface area contributed by atoms with Gasteiger partial charge in [-0.3, -0.25) is 9.59 Å². The summed E-state index contributed by atoms with van der Waals surface area (Å²) >= 11 is 5.82. The van der Waals surface area contributed by atoms with E-state index in [1.54, 1.807) is 37.3 Å². The molecule has 174 valence electrons. The molecule has 5 N–H and O–H groups in total. The highest BCUT2D eigenvalue weighted by Crippen LogP contribution is 2.50. The Morgan fingerprint density at radius 3 is 2.64 bits per heavy atom. The van der Waals surface area contributed by atoms with Crippen molar-refractivity contribution in [2.75, 3.05) is 6.79 Å². The van der Waals surface area contributed by atoms with Crippen LogP contribution in [-0.2, 0) is 5.88 Å². The highest BCUT2D eigenvalue weighted by molar-refractivity contribution is 6.17. The zero-order valence-electron chi connectivity index (χ0n) is 17.6. The number of hydrogen-bond donors (Lipinski definition) is 5. The van der Waals surface area contributed by atoms with E-state index in [9.17, 15) is 24.9 Å². The lowest BCUT2D eigenvalue weighted by molar-refractivity contribution is -0.0760. The Kier molecular flexibility index (Phi) is 5.35. The van der Waals surface area contributed by atoms with Crippen molar-refractivity contribution in [1.29, 1.82) is 0 Å². The second-order valence-corrected chi connectivity index (χ2v) is 8.89. The van der Waals surface area contributed by atoms with Gasteiger partial charge in [0.1, 0.15) is 6.10 Å². The Hall–Kier alpha value is -3.01. The highest BCUT2D eigenvalue weighted by atomic mass is 35.5. The molecule has 1 aliphatic carbocycles. The number of ether oxygens (including phenoxy) is 2. The SMILES string of the molecule is C[C@@H]1[C@H](O)[C@@H](O)[C@H](NC(=O)c2ccc(CCl)cc2)[C@@H]2c3cc4c(c(O)c3C(=O)N[C@@H]12)OCO4. The third-order valence-corrected chi connectivity index (χ3v) is 7.13. The molecular weight excluding hydrogens is 452 g/mol. The van der Waals surface area contributed by atoms with Crippen molar-refractivity contribution in [3.8, 4) is 17.2 Å². The topological polar surface area (TPSA) is 137 Å². The largest absolute Gasteiger partial charge is 0.504 e. The van der Waals surface area contributed by atoms with Gasteiger partial charge in [-0.1, -0.05) is 19.1 Å². The van der Waals surface area contributed by atoms with Gasteiger partial charge in [-0.25, -0.2) is 0 Å². The predicted octanol–water partition coefficient (Wildman–Crippen LogP) is 1.23. The van der Waals surface area contributed by atoms with Crippen LogP contribution in [0.3, 0.4) is 0 Å². The first-order valence-electron chi connectivity index (χ1n) is 10.6. The number of carbonyl (C=O) groups excluding carboxylic acids is 2. The van der Waals surface area contributed by atoms with Crippen LogP contribution in [0.4, 0.5) is 0 Å². The van der Waals surface area contributed by atoms with E-state index in [1.165, 1.54) is 0 Å². The van der Waals surface area contributed by atoms with Crippen molar-refractivity contribution in [2.24, 2.45) is 5.92 Å². The van der Waals surface area contributed by atoms with Gasteiger partial charge < -0.3 is 35.4 Å². The summed E-state index contributed by atoms with van der Waals surface area (Å²) in [5.74, 6) is -1.84. The quantitative estimate of drug-likeness (QED) is 0.422. The average molecular weight is 475 g/mol. The highest BCUT2D eigenvalue weighted by Gasteiger charge is 2.53. The van der Waals surface area contributed by atoms with Gasteiger partial charge in [0.05, 0.1) is 17.7 Å². The summed E-state index contributed by atoms with van der Waals surface area (Å²) in [6.07, 6.45) is -2.51. The normalized spacial score (nSPS) is 29.6. The summed E-state index contributed by atoms with van der Waals surface area (Å²) < 4.78 is 10.7. The van der Waals surface area contributed by atoms with Gasteiger partial charge in [0.2, 0.25) is 12.5 Å². The number of phenols is 1. The van der Waals surface area contributed by atoms with Crippen molar-refractivity contribution >= 4 is 23.4 Å². The van der Waals surface area contributed by atoms with Gasteiger partial charge in [0.25, 0.3) is 11.8 Å². The number of phenolic OH excluding ortho intramolecular Hbond substituents is 1. The van der Waals surface area contributed by atoms with E-state index >= 15 is 0 Å². The van der Waals surface area contributed by atoms with Crippen molar-refractivity contribution in [2.45, 2.75) is 43.0 Å². The fourth-order valence-electron chi connectivity index (χ4n) is 5.03. The molecule has 0 spiro atoms. The maximum absolute atomic E-state index is 13.0. The van der Waals surface area contributed by atoms with Gasteiger partial charge in [0, 0.05) is 29.3 Å². The van der Waals surface area contributed by atoms with Gasteiger partial charge >= 0.3 is 0 Å². The summed E-state index contributed by atoms with van der Waals surface area (Å²) in [4.78, 5) is 25.9. The molecular formula is C23H23ClN2O7. The maximum Gasteiger partial charge on any atom is 0.255 e. The van der Waals surface area contributed by atoms with E-state index in [2.05, 4.69) is 10.6 Å². The second-order valence-electron chi connectivity index (χ2n) is 8.62. The molecule has 10 heteroatoms. The Morgan fingerprint density at radius 2 is 1.94 bits per heavy atom. The summed E-state index contributed by atoms with van der Waals surface area (Å²) in [5, 5.41) is 38.0. The van der Waals surface area contributed by atoms with E-state index in [0.717, 1.165) is 5.56 Å². The number of amides is 2. The third kappa shape index (κ3) is 3.38. The van der Waals surface area contributed by atoms with Crippen molar-refractivity contribution < 1.29 is 34.4 Å². The molecule has 2 aliphatic heterocycles. The molecule has 6 atom stereocenters. The minimum Gasteiger partial charge on any atom is -0.504 e. The number of benzene rings is 2. The Bertz CT molecular complexity index is 1120. The van der Waals surface area contributed by atoms with Crippen LogP contribution in [0.2, 0.25) is 0 Å². The number of aliphatic hydroxyl groups excluding tert-OH is 2. The van der Waals surface area contributed by atoms with Crippen LogP contribution in [0.15, 0.2) is 30.3 Å². The zero-order valence-corrected chi connectivity index (χ0v) is 18.4. The Morgan fingerprint density at radius 1 is 1.21 bits per heavy atom. The van der Waals surface area contributed by atoms with Crippen LogP contribution in [0.5, 0.6) is 17.2 Å². The van der Waals surface area contributed by atoms with Crippen LogP contribution < -0.4 is 20.1 Å². The smallest absolute Gasteiger partial charge is 0.255 e. The van der Waals surface area contributed by atoms with E-state index in [0.29, 0.717) is 17.0 Å². The molecule has 2 heterocycles. The molecule has 2 aromatic carbocycles. The van der Waals surface area contributed by atoms with E-state index in [1.807, 2.05) is 0 Å². The molecule has 5 rings (SSSR count). The van der Waals surface area contributed by atoms with E-state index in [-0.39, 0.29) is 29.6 Å². The van der Waals surface area contributed by atoms with E-state index in [4.69, 9.17) is 21.1 Å². The fraction of sp³-hybridized carbons (Fsp3) is 0.391. The van der Waals surface area contributed by atoms with E-state index < -0.39 is 47.9 Å². The van der Waals surface area contributed by atoms with Crippen molar-refractivity contribution in [3.63, 3.8) is 0 Å². The molecule has 0 saturated heterocycles. The standard InChI is InChI=1S/C23H23ClN2O7/c1-9-16-14(12-6-13-21(33-8-32-13)19(28)15(12)23(31)25-16)17(20(29)18(9)27)26-22(30)11-4-2-10(7-24)3-5-11/h2-6,9,14,16-18,20,27-29H,7-8H2,1H3,(H,25,31)(H,26,30)/t9-,14+,16-,17+,18-,20-/m0/s1. The first-order chi connectivity index (χ1) is 15.8. The zero-order chi connectivity index (χ0) is 23.4. The van der Waals surface area contributed by atoms with Crippen LogP contribution in [0, 0.1) is 5.92 Å². The number of aliphatic hydroxyl groups is 2. The average Bonchev–Trinajstić information content (AvgIpc) is 3.29. The Balaban J connectivity index is 1.57. The number of carbonyl (C=O) groups is 2. The first kappa shape index (κ1) is 21.8. The molecule has 1 fully saturated rings. The van der Waals surface area contributed by atoms with Gasteiger partial charge in [0.15, 0.2) is 11.5 Å². The fourth-order valence-corrected chi connectivity index (χ4v) is 5.21. The molecule has 9 nitrogen and oxygen atoms in total. The third-order valence-electron chi connectivity index (χ3n) is 6.82. The predicted molar refractivity (Wildman–Crippen MR) is 117 cm³/mol. The summed E-state index contributed by atoms with van der Waals surface area (Å²) in [6, 6.07) is 6.74. The van der Waals surface area contributed by atoms with Gasteiger partial charge in [-0.15, -0.1) is 11.6 Å². The van der Waals surface area contributed by atoms with Gasteiger partial charge in [-0.2, -0.15) is 0 Å². The number of alkyl halides is 1. The number of halogens is 1. The number of nitrogens with one attached hydrogen (secondary N) is 2. The minimum atomic E-state index is -1.32. The summed E-state index contributed by atoms with van der Waals surface area (Å²) in [7, 11) is 0. The Labute approximate surface area is 194 Å². The molecule has 0 radical (unpaired) electrons. The lowest BCUT2D eigenvalue weighted by Gasteiger charge is -2.50. The molecule has 0 bridgehead atoms. The molecule has 2 amide bonds. The van der Waals surface area contributed by atoms with Crippen molar-refractivity contribution in [3.05, 3.63) is 52.6 Å². The van der Waals surface area contributed by atoms with Crippen LogP contribution >= 0.6 is 11.6 Å². The number of fused-ring (bicyclic) bond motifs is 4. The lowest BCUT2D eigenvalue weighted by Crippen LogP contribution is -2.67. The summed E-state index contributed by atoms with van der Waals surface area (Å²) in [5.41, 5.74) is 1.62. The second kappa shape index (κ2) is 8.09.